The minimum absolute atomic E-state index is 0.0714. The lowest BCUT2D eigenvalue weighted by atomic mass is 10.1. The van der Waals surface area contributed by atoms with E-state index in [0.29, 0.717) is 12.3 Å². The first-order valence-electron chi connectivity index (χ1n) is 6.29. The van der Waals surface area contributed by atoms with E-state index in [2.05, 4.69) is 5.32 Å². The maximum Gasteiger partial charge on any atom is 0.308 e. The van der Waals surface area contributed by atoms with Crippen molar-refractivity contribution in [2.24, 2.45) is 0 Å². The van der Waals surface area contributed by atoms with Crippen LogP contribution in [0.15, 0.2) is 24.3 Å². The number of aromatic hydroxyl groups is 1. The summed E-state index contributed by atoms with van der Waals surface area (Å²) in [5.41, 5.74) is 2.79. The van der Waals surface area contributed by atoms with Gasteiger partial charge in [-0.2, -0.15) is 0 Å². The molecule has 0 spiro atoms. The van der Waals surface area contributed by atoms with Crippen molar-refractivity contribution in [1.82, 2.24) is 0 Å². The van der Waals surface area contributed by atoms with Crippen LogP contribution in [0.3, 0.4) is 0 Å². The van der Waals surface area contributed by atoms with Crippen molar-refractivity contribution >= 4 is 23.0 Å². The second kappa shape index (κ2) is 5.96. The molecule has 0 radical (unpaired) electrons. The predicted octanol–water partition coefficient (Wildman–Crippen LogP) is 3.31. The monoisotopic (exact) mass is 291 g/mol. The molecule has 3 N–H and O–H groups in total. The van der Waals surface area contributed by atoms with Gasteiger partial charge in [0, 0.05) is 22.0 Å². The standard InChI is InChI=1S/C15H17NO3S/c1-9-6-14(17)10(2)5-13(9)16-8-12-4-3-11(20-12)7-15(18)19/h3-6,16-17H,7-8H2,1-2H3,(H,18,19). The minimum atomic E-state index is -0.809. The van der Waals surface area contributed by atoms with Crippen molar-refractivity contribution in [2.45, 2.75) is 26.8 Å². The van der Waals surface area contributed by atoms with Crippen LogP contribution in [-0.4, -0.2) is 16.2 Å². The zero-order valence-electron chi connectivity index (χ0n) is 11.4. The van der Waals surface area contributed by atoms with Crippen LogP contribution in [0.4, 0.5) is 5.69 Å². The molecule has 1 heterocycles. The molecule has 0 aliphatic carbocycles. The van der Waals surface area contributed by atoms with Crippen LogP contribution in [0.25, 0.3) is 0 Å². The van der Waals surface area contributed by atoms with Crippen molar-refractivity contribution in [1.29, 1.82) is 0 Å². The average molecular weight is 291 g/mol. The molecule has 0 atom stereocenters. The van der Waals surface area contributed by atoms with Gasteiger partial charge in [-0.25, -0.2) is 0 Å². The summed E-state index contributed by atoms with van der Waals surface area (Å²) in [7, 11) is 0. The number of nitrogens with one attached hydrogen (secondary N) is 1. The van der Waals surface area contributed by atoms with E-state index in [1.54, 1.807) is 6.07 Å². The largest absolute Gasteiger partial charge is 0.508 e. The Labute approximate surface area is 121 Å². The summed E-state index contributed by atoms with van der Waals surface area (Å²) in [6.07, 6.45) is 0.0714. The fourth-order valence-corrected chi connectivity index (χ4v) is 2.88. The van der Waals surface area contributed by atoms with Crippen LogP contribution >= 0.6 is 11.3 Å². The lowest BCUT2D eigenvalue weighted by Gasteiger charge is -2.10. The second-order valence-corrected chi connectivity index (χ2v) is 6.00. The molecule has 0 bridgehead atoms. The molecule has 0 saturated heterocycles. The van der Waals surface area contributed by atoms with Gasteiger partial charge in [-0.1, -0.05) is 0 Å². The number of hydrogen-bond acceptors (Lipinski definition) is 4. The zero-order chi connectivity index (χ0) is 14.7. The number of carboxylic acid groups (broad SMARTS) is 1. The minimum Gasteiger partial charge on any atom is -0.508 e. The Morgan fingerprint density at radius 1 is 1.20 bits per heavy atom. The van der Waals surface area contributed by atoms with Crippen LogP contribution in [0.5, 0.6) is 5.75 Å². The molecule has 2 aromatic rings. The highest BCUT2D eigenvalue weighted by Gasteiger charge is 2.06. The normalized spacial score (nSPS) is 10.5. The first-order valence-corrected chi connectivity index (χ1v) is 7.11. The van der Waals surface area contributed by atoms with Crippen molar-refractivity contribution in [3.63, 3.8) is 0 Å². The number of rotatable bonds is 5. The Morgan fingerprint density at radius 2 is 1.90 bits per heavy atom. The number of anilines is 1. The Hall–Kier alpha value is -2.01. The van der Waals surface area contributed by atoms with E-state index in [1.165, 1.54) is 11.3 Å². The fourth-order valence-electron chi connectivity index (χ4n) is 1.94. The summed E-state index contributed by atoms with van der Waals surface area (Å²) in [5.74, 6) is -0.510. The van der Waals surface area contributed by atoms with Gasteiger partial charge in [0.25, 0.3) is 0 Å². The molecule has 0 saturated carbocycles. The molecule has 4 nitrogen and oxygen atoms in total. The molecule has 0 unspecified atom stereocenters. The summed E-state index contributed by atoms with van der Waals surface area (Å²) in [6.45, 7) is 4.44. The topological polar surface area (TPSA) is 69.6 Å². The molecule has 20 heavy (non-hydrogen) atoms. The molecule has 0 fully saturated rings. The number of carboxylic acids is 1. The van der Waals surface area contributed by atoms with Gasteiger partial charge >= 0.3 is 5.97 Å². The van der Waals surface area contributed by atoms with Gasteiger partial charge in [-0.3, -0.25) is 4.79 Å². The van der Waals surface area contributed by atoms with E-state index in [-0.39, 0.29) is 6.42 Å². The van der Waals surface area contributed by atoms with E-state index in [0.717, 1.165) is 26.6 Å². The van der Waals surface area contributed by atoms with Crippen molar-refractivity contribution in [3.8, 4) is 5.75 Å². The Morgan fingerprint density at radius 3 is 2.60 bits per heavy atom. The molecular weight excluding hydrogens is 274 g/mol. The zero-order valence-corrected chi connectivity index (χ0v) is 12.3. The van der Waals surface area contributed by atoms with Gasteiger partial charge in [0.2, 0.25) is 0 Å². The number of phenolic OH excluding ortho intramolecular Hbond substituents is 1. The molecular formula is C15H17NO3S. The van der Waals surface area contributed by atoms with Gasteiger partial charge in [0.05, 0.1) is 6.42 Å². The molecule has 0 amide bonds. The average Bonchev–Trinajstić information content (AvgIpc) is 2.79. The van der Waals surface area contributed by atoms with Crippen LogP contribution < -0.4 is 5.32 Å². The molecule has 1 aromatic carbocycles. The molecule has 0 aliphatic rings. The summed E-state index contributed by atoms with van der Waals surface area (Å²) >= 11 is 1.50. The van der Waals surface area contributed by atoms with Crippen molar-refractivity contribution in [3.05, 3.63) is 45.1 Å². The predicted molar refractivity (Wildman–Crippen MR) is 80.6 cm³/mol. The van der Waals surface area contributed by atoms with E-state index >= 15 is 0 Å². The van der Waals surface area contributed by atoms with Gasteiger partial charge in [-0.15, -0.1) is 11.3 Å². The number of hydrogen-bond donors (Lipinski definition) is 3. The van der Waals surface area contributed by atoms with Crippen LogP contribution in [-0.2, 0) is 17.8 Å². The molecule has 2 rings (SSSR count). The molecule has 0 aliphatic heterocycles. The summed E-state index contributed by atoms with van der Waals surface area (Å²) in [6, 6.07) is 7.45. The number of thiophene rings is 1. The smallest absolute Gasteiger partial charge is 0.308 e. The first-order chi connectivity index (χ1) is 9.45. The third kappa shape index (κ3) is 3.51. The highest BCUT2D eigenvalue weighted by atomic mass is 32.1. The second-order valence-electron chi connectivity index (χ2n) is 4.75. The van der Waals surface area contributed by atoms with E-state index in [9.17, 15) is 9.90 Å². The van der Waals surface area contributed by atoms with Gasteiger partial charge in [0.15, 0.2) is 0 Å². The molecule has 1 aromatic heterocycles. The molecule has 106 valence electrons. The van der Waals surface area contributed by atoms with Crippen molar-refractivity contribution < 1.29 is 15.0 Å². The Bertz CT molecular complexity index is 634. The number of aryl methyl sites for hydroxylation is 2. The highest BCUT2D eigenvalue weighted by Crippen LogP contribution is 2.26. The van der Waals surface area contributed by atoms with Gasteiger partial charge in [-0.05, 0) is 49.2 Å². The fraction of sp³-hybridized carbons (Fsp3) is 0.267. The maximum absolute atomic E-state index is 10.6. The van der Waals surface area contributed by atoms with E-state index in [4.69, 9.17) is 5.11 Å². The van der Waals surface area contributed by atoms with Crippen LogP contribution in [0.1, 0.15) is 20.9 Å². The number of carbonyl (C=O) groups is 1. The van der Waals surface area contributed by atoms with E-state index < -0.39 is 5.97 Å². The quantitative estimate of drug-likeness (QED) is 0.739. The maximum atomic E-state index is 10.6. The van der Waals surface area contributed by atoms with Crippen LogP contribution in [0, 0.1) is 13.8 Å². The SMILES string of the molecule is Cc1cc(NCc2ccc(CC(=O)O)s2)c(C)cc1O. The lowest BCUT2D eigenvalue weighted by Crippen LogP contribution is -2.00. The van der Waals surface area contributed by atoms with Crippen molar-refractivity contribution in [2.75, 3.05) is 5.32 Å². The third-order valence-electron chi connectivity index (χ3n) is 3.04. The number of benzene rings is 1. The third-order valence-corrected chi connectivity index (χ3v) is 4.12. The van der Waals surface area contributed by atoms with E-state index in [1.807, 2.05) is 32.0 Å². The highest BCUT2D eigenvalue weighted by molar-refractivity contribution is 7.12. The number of phenols is 1. The Kier molecular flexibility index (Phi) is 4.29. The van der Waals surface area contributed by atoms with Gasteiger partial charge < -0.3 is 15.5 Å². The van der Waals surface area contributed by atoms with Crippen LogP contribution in [0.2, 0.25) is 0 Å². The summed E-state index contributed by atoms with van der Waals surface area (Å²) < 4.78 is 0. The first kappa shape index (κ1) is 14.4. The lowest BCUT2D eigenvalue weighted by molar-refractivity contribution is -0.136. The molecule has 5 heteroatoms. The summed E-state index contributed by atoms with van der Waals surface area (Å²) in [4.78, 5) is 12.6. The number of aliphatic carboxylic acids is 1. The Balaban J connectivity index is 2.03. The van der Waals surface area contributed by atoms with Gasteiger partial charge in [0.1, 0.15) is 5.75 Å². The summed E-state index contributed by atoms with van der Waals surface area (Å²) in [5, 5.41) is 21.7.